The highest BCUT2D eigenvalue weighted by Crippen LogP contribution is 2.23. The molecular weight excluding hydrogens is 172 g/mol. The summed E-state index contributed by atoms with van der Waals surface area (Å²) in [7, 11) is 0. The summed E-state index contributed by atoms with van der Waals surface area (Å²) in [6, 6.07) is 4.25. The first-order chi connectivity index (χ1) is 6.92. The molecule has 2 heteroatoms. The molecule has 1 saturated heterocycles. The molecule has 14 heavy (non-hydrogen) atoms. The molecule has 0 amide bonds. The number of aromatic nitrogens is 1. The molecule has 0 saturated carbocycles. The number of hydrogen-bond acceptors (Lipinski definition) is 1. The number of nitrogens with zero attached hydrogens (tertiary/aromatic N) is 2. The van der Waals surface area contributed by atoms with Gasteiger partial charge in [-0.2, -0.15) is 0 Å². The molecule has 0 aliphatic carbocycles. The van der Waals surface area contributed by atoms with E-state index >= 15 is 0 Å². The highest BCUT2D eigenvalue weighted by molar-refractivity contribution is 4.93. The van der Waals surface area contributed by atoms with Gasteiger partial charge in [-0.15, -0.1) is 0 Å². The Labute approximate surface area is 86.5 Å². The van der Waals surface area contributed by atoms with Crippen LogP contribution < -0.4 is 0 Å². The van der Waals surface area contributed by atoms with E-state index in [0.717, 1.165) is 0 Å². The van der Waals surface area contributed by atoms with Crippen LogP contribution in [0.3, 0.4) is 0 Å². The van der Waals surface area contributed by atoms with Crippen molar-refractivity contribution in [3.63, 3.8) is 0 Å². The molecule has 0 N–H and O–H groups in total. The van der Waals surface area contributed by atoms with Crippen LogP contribution in [0.1, 0.15) is 38.8 Å². The summed E-state index contributed by atoms with van der Waals surface area (Å²) in [6.45, 7) is 4.83. The lowest BCUT2D eigenvalue weighted by Crippen LogP contribution is -2.29. The minimum absolute atomic E-state index is 0.609. The van der Waals surface area contributed by atoms with Crippen molar-refractivity contribution < 1.29 is 0 Å². The normalized spacial score (nSPS) is 20.1. The molecule has 0 aromatic carbocycles. The van der Waals surface area contributed by atoms with E-state index in [1.54, 1.807) is 0 Å². The fraction of sp³-hybridized carbons (Fsp3) is 0.667. The number of hydrogen-bond donors (Lipinski definition) is 0. The quantitative estimate of drug-likeness (QED) is 0.712. The Kier molecular flexibility index (Phi) is 3.25. The third kappa shape index (κ3) is 2.01. The van der Waals surface area contributed by atoms with E-state index in [9.17, 15) is 0 Å². The molecule has 1 aromatic heterocycles. The Morgan fingerprint density at radius 2 is 1.79 bits per heavy atom. The zero-order chi connectivity index (χ0) is 9.80. The highest BCUT2D eigenvalue weighted by atomic mass is 15.3. The van der Waals surface area contributed by atoms with Gasteiger partial charge in [0, 0.05) is 25.5 Å². The fourth-order valence-corrected chi connectivity index (χ4v) is 2.36. The molecule has 1 aliphatic heterocycles. The number of rotatable bonds is 4. The van der Waals surface area contributed by atoms with Crippen molar-refractivity contribution in [1.29, 1.82) is 0 Å². The third-order valence-corrected chi connectivity index (χ3v) is 3.08. The molecule has 1 unspecified atom stereocenters. The monoisotopic (exact) mass is 192 g/mol. The molecule has 1 aliphatic rings. The Balaban J connectivity index is 2.06. The maximum absolute atomic E-state index is 2.61. The molecular formula is C12H20N2. The zero-order valence-corrected chi connectivity index (χ0v) is 9.02. The Morgan fingerprint density at radius 3 is 2.36 bits per heavy atom. The summed E-state index contributed by atoms with van der Waals surface area (Å²) in [6.07, 6.45) is 10.3. The summed E-state index contributed by atoms with van der Waals surface area (Å²) >= 11 is 0. The Bertz CT molecular complexity index is 247. The second-order valence-electron chi connectivity index (χ2n) is 4.14. The summed E-state index contributed by atoms with van der Waals surface area (Å²) in [4.78, 5) is 2.61. The first-order valence-electron chi connectivity index (χ1n) is 5.78. The summed E-state index contributed by atoms with van der Waals surface area (Å²) in [5.41, 5.74) is 0. The van der Waals surface area contributed by atoms with Crippen LogP contribution in [0.4, 0.5) is 0 Å². The minimum Gasteiger partial charge on any atom is -0.338 e. The lowest BCUT2D eigenvalue weighted by atomic mass is 10.2. The van der Waals surface area contributed by atoms with Gasteiger partial charge < -0.3 is 4.57 Å². The first-order valence-corrected chi connectivity index (χ1v) is 5.78. The smallest absolute Gasteiger partial charge is 0.0858 e. The number of likely N-dealkylation sites (tertiary alicyclic amines) is 1. The Hall–Kier alpha value is -0.760. The van der Waals surface area contributed by atoms with Gasteiger partial charge >= 0.3 is 0 Å². The van der Waals surface area contributed by atoms with Crippen molar-refractivity contribution in [2.24, 2.45) is 0 Å². The lowest BCUT2D eigenvalue weighted by molar-refractivity contribution is 0.163. The SMILES string of the molecule is CCCC(N1CCCC1)n1cccc1. The van der Waals surface area contributed by atoms with Crippen LogP contribution in [-0.4, -0.2) is 22.6 Å². The average Bonchev–Trinajstić information content (AvgIpc) is 2.87. The fourth-order valence-electron chi connectivity index (χ4n) is 2.36. The topological polar surface area (TPSA) is 8.17 Å². The molecule has 1 atom stereocenters. The maximum Gasteiger partial charge on any atom is 0.0858 e. The molecule has 2 rings (SSSR count). The second-order valence-corrected chi connectivity index (χ2v) is 4.14. The standard InChI is InChI=1S/C12H20N2/c1-2-7-12(13-8-3-4-9-13)14-10-5-6-11-14/h3-4,8-9,12H,2,5-7,10-11H2,1H3. The third-order valence-electron chi connectivity index (χ3n) is 3.08. The van der Waals surface area contributed by atoms with Crippen molar-refractivity contribution in [3.8, 4) is 0 Å². The minimum atomic E-state index is 0.609. The molecule has 1 aromatic rings. The van der Waals surface area contributed by atoms with Crippen LogP contribution in [0.15, 0.2) is 24.5 Å². The van der Waals surface area contributed by atoms with E-state index in [-0.39, 0.29) is 0 Å². The maximum atomic E-state index is 2.61. The second kappa shape index (κ2) is 4.65. The van der Waals surface area contributed by atoms with Gasteiger partial charge in [-0.3, -0.25) is 4.90 Å². The van der Waals surface area contributed by atoms with Crippen molar-refractivity contribution in [1.82, 2.24) is 9.47 Å². The van der Waals surface area contributed by atoms with Gasteiger partial charge in [0.1, 0.15) is 0 Å². The van der Waals surface area contributed by atoms with Crippen LogP contribution in [0, 0.1) is 0 Å². The molecule has 2 heterocycles. The van der Waals surface area contributed by atoms with Gasteiger partial charge in [0.25, 0.3) is 0 Å². The zero-order valence-electron chi connectivity index (χ0n) is 9.02. The summed E-state index contributed by atoms with van der Waals surface area (Å²) < 4.78 is 2.36. The lowest BCUT2D eigenvalue weighted by Gasteiger charge is -2.28. The Morgan fingerprint density at radius 1 is 1.14 bits per heavy atom. The summed E-state index contributed by atoms with van der Waals surface area (Å²) in [5, 5.41) is 0. The van der Waals surface area contributed by atoms with Crippen molar-refractivity contribution in [2.45, 2.75) is 38.8 Å². The van der Waals surface area contributed by atoms with Crippen LogP contribution in [-0.2, 0) is 0 Å². The molecule has 78 valence electrons. The van der Waals surface area contributed by atoms with Crippen LogP contribution >= 0.6 is 0 Å². The molecule has 0 bridgehead atoms. The van der Waals surface area contributed by atoms with E-state index in [1.807, 2.05) is 0 Å². The van der Waals surface area contributed by atoms with Crippen molar-refractivity contribution >= 4 is 0 Å². The largest absolute Gasteiger partial charge is 0.338 e. The molecule has 1 fully saturated rings. The van der Waals surface area contributed by atoms with E-state index < -0.39 is 0 Å². The van der Waals surface area contributed by atoms with E-state index in [0.29, 0.717) is 6.17 Å². The van der Waals surface area contributed by atoms with Gasteiger partial charge in [0.15, 0.2) is 0 Å². The van der Waals surface area contributed by atoms with Gasteiger partial charge in [0.2, 0.25) is 0 Å². The van der Waals surface area contributed by atoms with E-state index in [2.05, 4.69) is 40.9 Å². The van der Waals surface area contributed by atoms with Gasteiger partial charge in [-0.1, -0.05) is 13.3 Å². The van der Waals surface area contributed by atoms with E-state index in [4.69, 9.17) is 0 Å². The highest BCUT2D eigenvalue weighted by Gasteiger charge is 2.21. The predicted molar refractivity (Wildman–Crippen MR) is 59.2 cm³/mol. The van der Waals surface area contributed by atoms with Crippen LogP contribution in [0.2, 0.25) is 0 Å². The molecule has 0 radical (unpaired) electrons. The van der Waals surface area contributed by atoms with Gasteiger partial charge in [-0.25, -0.2) is 0 Å². The molecule has 0 spiro atoms. The van der Waals surface area contributed by atoms with E-state index in [1.165, 1.54) is 38.8 Å². The van der Waals surface area contributed by atoms with Crippen molar-refractivity contribution in [2.75, 3.05) is 13.1 Å². The first kappa shape index (κ1) is 9.78. The van der Waals surface area contributed by atoms with Gasteiger partial charge in [-0.05, 0) is 31.4 Å². The molecule has 2 nitrogen and oxygen atoms in total. The average molecular weight is 192 g/mol. The van der Waals surface area contributed by atoms with Crippen LogP contribution in [0.25, 0.3) is 0 Å². The summed E-state index contributed by atoms with van der Waals surface area (Å²) in [5.74, 6) is 0. The van der Waals surface area contributed by atoms with Crippen molar-refractivity contribution in [3.05, 3.63) is 24.5 Å². The van der Waals surface area contributed by atoms with Gasteiger partial charge in [0.05, 0.1) is 6.17 Å². The van der Waals surface area contributed by atoms with Crippen LogP contribution in [0.5, 0.6) is 0 Å². The predicted octanol–water partition coefficient (Wildman–Crippen LogP) is 2.88.